The van der Waals surface area contributed by atoms with Gasteiger partial charge < -0.3 is 15.8 Å². The van der Waals surface area contributed by atoms with E-state index < -0.39 is 0 Å². The third kappa shape index (κ3) is 2.32. The highest BCUT2D eigenvalue weighted by molar-refractivity contribution is 6.01. The number of ether oxygens (including phenoxy) is 1. The Morgan fingerprint density at radius 3 is 2.83 bits per heavy atom. The zero-order chi connectivity index (χ0) is 13.1. The molecule has 0 spiro atoms. The highest BCUT2D eigenvalue weighted by Crippen LogP contribution is 2.34. The maximum atomic E-state index is 6.02. The van der Waals surface area contributed by atoms with Crippen LogP contribution in [-0.2, 0) is 0 Å². The van der Waals surface area contributed by atoms with Gasteiger partial charge in [0.25, 0.3) is 0 Å². The SMILES string of the molecule is COc1cccc2ncc(N)c(NCC(C)C)c12. The third-order valence-corrected chi connectivity index (χ3v) is 2.79. The molecule has 2 rings (SSSR count). The van der Waals surface area contributed by atoms with Crippen LogP contribution in [0.1, 0.15) is 13.8 Å². The van der Waals surface area contributed by atoms with Crippen molar-refractivity contribution >= 4 is 22.3 Å². The van der Waals surface area contributed by atoms with Gasteiger partial charge in [0.05, 0.1) is 35.6 Å². The van der Waals surface area contributed by atoms with Gasteiger partial charge >= 0.3 is 0 Å². The Bertz CT molecular complexity index is 552. The largest absolute Gasteiger partial charge is 0.496 e. The summed E-state index contributed by atoms with van der Waals surface area (Å²) in [6, 6.07) is 5.80. The molecule has 1 aromatic carbocycles. The summed E-state index contributed by atoms with van der Waals surface area (Å²) in [4.78, 5) is 4.33. The number of hydrogen-bond donors (Lipinski definition) is 2. The van der Waals surface area contributed by atoms with Crippen LogP contribution in [0.3, 0.4) is 0 Å². The summed E-state index contributed by atoms with van der Waals surface area (Å²) in [5.74, 6) is 1.33. The van der Waals surface area contributed by atoms with E-state index in [1.165, 1.54) is 0 Å². The summed E-state index contributed by atoms with van der Waals surface area (Å²) >= 11 is 0. The molecule has 0 radical (unpaired) electrons. The Balaban J connectivity index is 2.57. The fraction of sp³-hybridized carbons (Fsp3) is 0.357. The first-order valence-corrected chi connectivity index (χ1v) is 6.08. The fourth-order valence-corrected chi connectivity index (χ4v) is 1.89. The van der Waals surface area contributed by atoms with Gasteiger partial charge in [-0.3, -0.25) is 4.98 Å². The third-order valence-electron chi connectivity index (χ3n) is 2.79. The highest BCUT2D eigenvalue weighted by atomic mass is 16.5. The zero-order valence-corrected chi connectivity index (χ0v) is 11.0. The molecule has 0 atom stereocenters. The van der Waals surface area contributed by atoms with Crippen LogP contribution in [0.15, 0.2) is 24.4 Å². The molecule has 1 aromatic heterocycles. The van der Waals surface area contributed by atoms with Crippen LogP contribution < -0.4 is 15.8 Å². The van der Waals surface area contributed by atoms with Gasteiger partial charge in [0.15, 0.2) is 0 Å². The molecule has 0 bridgehead atoms. The van der Waals surface area contributed by atoms with Crippen molar-refractivity contribution in [2.75, 3.05) is 24.7 Å². The van der Waals surface area contributed by atoms with Gasteiger partial charge in [0.2, 0.25) is 0 Å². The molecular formula is C14H19N3O. The van der Waals surface area contributed by atoms with E-state index >= 15 is 0 Å². The molecule has 0 unspecified atom stereocenters. The minimum atomic E-state index is 0.544. The number of pyridine rings is 1. The van der Waals surface area contributed by atoms with Crippen LogP contribution in [0.2, 0.25) is 0 Å². The first kappa shape index (κ1) is 12.5. The van der Waals surface area contributed by atoms with Crippen LogP contribution in [-0.4, -0.2) is 18.6 Å². The van der Waals surface area contributed by atoms with Gasteiger partial charge in [-0.1, -0.05) is 19.9 Å². The Morgan fingerprint density at radius 1 is 1.39 bits per heavy atom. The Hall–Kier alpha value is -1.97. The molecule has 0 saturated heterocycles. The number of rotatable bonds is 4. The van der Waals surface area contributed by atoms with Crippen LogP contribution >= 0.6 is 0 Å². The summed E-state index contributed by atoms with van der Waals surface area (Å²) in [6.45, 7) is 5.18. The predicted octanol–water partition coefficient (Wildman–Crippen LogP) is 2.89. The van der Waals surface area contributed by atoms with Crippen LogP contribution in [0.5, 0.6) is 5.75 Å². The molecule has 4 nitrogen and oxygen atoms in total. The van der Waals surface area contributed by atoms with Gasteiger partial charge in [-0.05, 0) is 18.1 Å². The lowest BCUT2D eigenvalue weighted by Crippen LogP contribution is -2.10. The average molecular weight is 245 g/mol. The molecule has 0 aliphatic heterocycles. The monoisotopic (exact) mass is 245 g/mol. The molecular weight excluding hydrogens is 226 g/mol. The topological polar surface area (TPSA) is 60.2 Å². The molecule has 0 aliphatic carbocycles. The highest BCUT2D eigenvalue weighted by Gasteiger charge is 2.11. The number of benzene rings is 1. The number of nitrogens with zero attached hydrogens (tertiary/aromatic N) is 1. The van der Waals surface area contributed by atoms with Crippen molar-refractivity contribution in [1.82, 2.24) is 4.98 Å². The van der Waals surface area contributed by atoms with E-state index in [1.807, 2.05) is 18.2 Å². The second-order valence-electron chi connectivity index (χ2n) is 4.72. The number of fused-ring (bicyclic) bond motifs is 1. The van der Waals surface area contributed by atoms with Gasteiger partial charge in [0.1, 0.15) is 5.75 Å². The Labute approximate surface area is 107 Å². The van der Waals surface area contributed by atoms with Gasteiger partial charge in [-0.15, -0.1) is 0 Å². The lowest BCUT2D eigenvalue weighted by Gasteiger charge is -2.15. The first-order valence-electron chi connectivity index (χ1n) is 6.08. The number of nitrogens with two attached hydrogens (primary N) is 1. The minimum absolute atomic E-state index is 0.544. The molecule has 0 aliphatic rings. The van der Waals surface area contributed by atoms with Crippen LogP contribution in [0.4, 0.5) is 11.4 Å². The summed E-state index contributed by atoms with van der Waals surface area (Å²) in [6.07, 6.45) is 1.68. The number of nitrogens with one attached hydrogen (secondary N) is 1. The maximum absolute atomic E-state index is 6.02. The average Bonchev–Trinajstić information content (AvgIpc) is 2.36. The second-order valence-corrected chi connectivity index (χ2v) is 4.72. The molecule has 0 saturated carbocycles. The number of anilines is 2. The van der Waals surface area contributed by atoms with Crippen molar-refractivity contribution in [3.05, 3.63) is 24.4 Å². The van der Waals surface area contributed by atoms with Crippen molar-refractivity contribution in [3.63, 3.8) is 0 Å². The van der Waals surface area contributed by atoms with E-state index in [2.05, 4.69) is 24.1 Å². The summed E-state index contributed by atoms with van der Waals surface area (Å²) < 4.78 is 5.39. The molecule has 18 heavy (non-hydrogen) atoms. The second kappa shape index (κ2) is 5.12. The molecule has 4 heteroatoms. The quantitative estimate of drug-likeness (QED) is 0.869. The predicted molar refractivity (Wildman–Crippen MR) is 76.0 cm³/mol. The molecule has 1 heterocycles. The Morgan fingerprint density at radius 2 is 2.17 bits per heavy atom. The number of nitrogen functional groups attached to an aromatic ring is 1. The standard InChI is InChI=1S/C14H19N3O/c1-9(2)7-17-14-10(15)8-16-11-5-4-6-12(18-3)13(11)14/h4-6,8-9H,7,15H2,1-3H3,(H,16,17). The van der Waals surface area contributed by atoms with E-state index in [1.54, 1.807) is 13.3 Å². The first-order chi connectivity index (χ1) is 8.63. The molecule has 0 fully saturated rings. The van der Waals surface area contributed by atoms with E-state index in [9.17, 15) is 0 Å². The van der Waals surface area contributed by atoms with Crippen LogP contribution in [0, 0.1) is 5.92 Å². The summed E-state index contributed by atoms with van der Waals surface area (Å²) in [7, 11) is 1.66. The Kier molecular flexibility index (Phi) is 3.55. The van der Waals surface area contributed by atoms with E-state index in [0.717, 1.165) is 28.9 Å². The molecule has 2 aromatic rings. The molecule has 3 N–H and O–H groups in total. The number of aromatic nitrogens is 1. The maximum Gasteiger partial charge on any atom is 0.130 e. The number of methoxy groups -OCH3 is 1. The van der Waals surface area contributed by atoms with Crippen molar-refractivity contribution in [3.8, 4) is 5.75 Å². The normalized spacial score (nSPS) is 10.9. The van der Waals surface area contributed by atoms with Crippen LogP contribution in [0.25, 0.3) is 10.9 Å². The van der Waals surface area contributed by atoms with Crippen molar-refractivity contribution in [2.24, 2.45) is 5.92 Å². The van der Waals surface area contributed by atoms with Crippen molar-refractivity contribution in [2.45, 2.75) is 13.8 Å². The molecule has 0 amide bonds. The lowest BCUT2D eigenvalue weighted by atomic mass is 10.1. The smallest absolute Gasteiger partial charge is 0.130 e. The van der Waals surface area contributed by atoms with E-state index in [0.29, 0.717) is 11.6 Å². The fourth-order valence-electron chi connectivity index (χ4n) is 1.89. The summed E-state index contributed by atoms with van der Waals surface area (Å²) in [5.41, 5.74) is 8.45. The zero-order valence-electron chi connectivity index (χ0n) is 11.0. The minimum Gasteiger partial charge on any atom is -0.496 e. The van der Waals surface area contributed by atoms with E-state index in [4.69, 9.17) is 10.5 Å². The van der Waals surface area contributed by atoms with Gasteiger partial charge in [-0.25, -0.2) is 0 Å². The number of hydrogen-bond acceptors (Lipinski definition) is 4. The van der Waals surface area contributed by atoms with E-state index in [-0.39, 0.29) is 0 Å². The van der Waals surface area contributed by atoms with Crippen molar-refractivity contribution < 1.29 is 4.74 Å². The van der Waals surface area contributed by atoms with Crippen molar-refractivity contribution in [1.29, 1.82) is 0 Å². The molecule has 96 valence electrons. The summed E-state index contributed by atoms with van der Waals surface area (Å²) in [5, 5.41) is 4.33. The van der Waals surface area contributed by atoms with Gasteiger partial charge in [-0.2, -0.15) is 0 Å². The lowest BCUT2D eigenvalue weighted by molar-refractivity contribution is 0.420. The van der Waals surface area contributed by atoms with Gasteiger partial charge in [0, 0.05) is 6.54 Å².